The molecule has 0 unspecified atom stereocenters. The Kier molecular flexibility index (Phi) is 6.11. The number of carbonyl (C=O) groups is 2. The van der Waals surface area contributed by atoms with Crippen molar-refractivity contribution in [1.82, 2.24) is 5.32 Å². The van der Waals surface area contributed by atoms with Crippen LogP contribution in [0.5, 0.6) is 11.5 Å². The number of carbonyl (C=O) groups excluding carboxylic acids is 2. The summed E-state index contributed by atoms with van der Waals surface area (Å²) in [6.07, 6.45) is -2.25. The lowest BCUT2D eigenvalue weighted by atomic mass is 10.1. The Morgan fingerprint density at radius 2 is 1.82 bits per heavy atom. The van der Waals surface area contributed by atoms with E-state index in [0.717, 1.165) is 17.7 Å². The van der Waals surface area contributed by atoms with Gasteiger partial charge in [0.25, 0.3) is 5.91 Å². The largest absolute Gasteiger partial charge is 0.472 e. The summed E-state index contributed by atoms with van der Waals surface area (Å²) in [5.74, 6) is 0.0593. The minimum Gasteiger partial charge on any atom is -0.472 e. The molecule has 0 saturated heterocycles. The van der Waals surface area contributed by atoms with Crippen LogP contribution in [-0.4, -0.2) is 25.2 Å². The molecule has 1 aliphatic heterocycles. The minimum absolute atomic E-state index is 0.0497. The molecule has 3 N–H and O–H groups in total. The second-order valence-corrected chi connectivity index (χ2v) is 7.04. The predicted molar refractivity (Wildman–Crippen MR) is 111 cm³/mol. The van der Waals surface area contributed by atoms with E-state index in [1.54, 1.807) is 18.2 Å². The maximum absolute atomic E-state index is 13.6. The number of furan rings is 1. The van der Waals surface area contributed by atoms with Crippen molar-refractivity contribution in [3.05, 3.63) is 71.7 Å². The molecule has 11 heteroatoms. The third-order valence-electron chi connectivity index (χ3n) is 4.73. The van der Waals surface area contributed by atoms with Crippen LogP contribution in [0.15, 0.2) is 59.4 Å². The molecule has 2 amide bonds. The first kappa shape index (κ1) is 22.1. The Labute approximate surface area is 185 Å². The highest BCUT2D eigenvalue weighted by atomic mass is 19.4. The SMILES string of the molecule is O=C(CNc1ccc(NC(=O)c2ccoc2)cc1C(F)(F)F)NCc1ccc2c(c1)OCO2. The average molecular weight is 461 g/mol. The van der Waals surface area contributed by atoms with Gasteiger partial charge in [0.2, 0.25) is 12.7 Å². The van der Waals surface area contributed by atoms with Crippen molar-refractivity contribution in [2.24, 2.45) is 0 Å². The molecule has 0 aliphatic carbocycles. The fourth-order valence-corrected chi connectivity index (χ4v) is 3.10. The standard InChI is InChI=1S/C22H18F3N3O5/c23-22(24,25)16-8-15(28-21(30)14-5-6-31-11-14)2-3-17(16)26-10-20(29)27-9-13-1-4-18-19(7-13)33-12-32-18/h1-8,11,26H,9-10,12H2,(H,27,29)(H,28,30). The van der Waals surface area contributed by atoms with Gasteiger partial charge in [-0.25, -0.2) is 0 Å². The first-order valence-corrected chi connectivity index (χ1v) is 9.73. The molecular weight excluding hydrogens is 443 g/mol. The van der Waals surface area contributed by atoms with Crippen LogP contribution >= 0.6 is 0 Å². The molecule has 3 aromatic rings. The van der Waals surface area contributed by atoms with Gasteiger partial charge in [-0.3, -0.25) is 9.59 Å². The van der Waals surface area contributed by atoms with Crippen molar-refractivity contribution in [1.29, 1.82) is 0 Å². The molecule has 33 heavy (non-hydrogen) atoms. The number of anilines is 2. The summed E-state index contributed by atoms with van der Waals surface area (Å²) in [6, 6.07) is 9.82. The van der Waals surface area contributed by atoms with E-state index in [1.165, 1.54) is 24.7 Å². The highest BCUT2D eigenvalue weighted by Crippen LogP contribution is 2.37. The van der Waals surface area contributed by atoms with Crippen molar-refractivity contribution in [2.75, 3.05) is 24.0 Å². The van der Waals surface area contributed by atoms with E-state index in [0.29, 0.717) is 11.5 Å². The zero-order chi connectivity index (χ0) is 23.4. The second-order valence-electron chi connectivity index (χ2n) is 7.04. The van der Waals surface area contributed by atoms with E-state index >= 15 is 0 Å². The van der Waals surface area contributed by atoms with E-state index in [4.69, 9.17) is 13.9 Å². The lowest BCUT2D eigenvalue weighted by Gasteiger charge is -2.16. The van der Waals surface area contributed by atoms with Gasteiger partial charge in [-0.15, -0.1) is 0 Å². The fraction of sp³-hybridized carbons (Fsp3) is 0.182. The first-order chi connectivity index (χ1) is 15.8. The van der Waals surface area contributed by atoms with Crippen molar-refractivity contribution in [3.8, 4) is 11.5 Å². The molecule has 2 heterocycles. The third-order valence-corrected chi connectivity index (χ3v) is 4.73. The zero-order valence-corrected chi connectivity index (χ0v) is 17.0. The lowest BCUT2D eigenvalue weighted by Crippen LogP contribution is -2.30. The molecule has 0 saturated carbocycles. The van der Waals surface area contributed by atoms with Crippen LogP contribution in [0.25, 0.3) is 0 Å². The van der Waals surface area contributed by atoms with Gasteiger partial charge in [0.1, 0.15) is 6.26 Å². The van der Waals surface area contributed by atoms with Crippen LogP contribution in [0.4, 0.5) is 24.5 Å². The second kappa shape index (κ2) is 9.15. The number of nitrogens with one attached hydrogen (secondary N) is 3. The molecular formula is C22H18F3N3O5. The zero-order valence-electron chi connectivity index (χ0n) is 17.0. The number of benzene rings is 2. The number of ether oxygens (including phenoxy) is 2. The third kappa shape index (κ3) is 5.37. The lowest BCUT2D eigenvalue weighted by molar-refractivity contribution is -0.137. The van der Waals surface area contributed by atoms with E-state index in [2.05, 4.69) is 16.0 Å². The smallest absolute Gasteiger partial charge is 0.418 e. The highest BCUT2D eigenvalue weighted by molar-refractivity contribution is 6.04. The molecule has 8 nitrogen and oxygen atoms in total. The molecule has 1 aromatic heterocycles. The van der Waals surface area contributed by atoms with Gasteiger partial charge in [-0.05, 0) is 42.0 Å². The van der Waals surface area contributed by atoms with Gasteiger partial charge in [-0.2, -0.15) is 13.2 Å². The highest BCUT2D eigenvalue weighted by Gasteiger charge is 2.34. The average Bonchev–Trinajstić information content (AvgIpc) is 3.47. The van der Waals surface area contributed by atoms with Crippen LogP contribution in [0, 0.1) is 0 Å². The summed E-state index contributed by atoms with van der Waals surface area (Å²) >= 11 is 0. The number of hydrogen-bond donors (Lipinski definition) is 3. The molecule has 172 valence electrons. The van der Waals surface area contributed by atoms with E-state index < -0.39 is 23.6 Å². The molecule has 4 rings (SSSR count). The number of halogens is 3. The van der Waals surface area contributed by atoms with E-state index in [9.17, 15) is 22.8 Å². The summed E-state index contributed by atoms with van der Waals surface area (Å²) in [4.78, 5) is 24.2. The van der Waals surface area contributed by atoms with Crippen LogP contribution in [0.1, 0.15) is 21.5 Å². The van der Waals surface area contributed by atoms with Crippen molar-refractivity contribution >= 4 is 23.2 Å². The normalized spacial score (nSPS) is 12.3. The van der Waals surface area contributed by atoms with Crippen molar-refractivity contribution < 1.29 is 36.7 Å². The van der Waals surface area contributed by atoms with E-state index in [-0.39, 0.29) is 36.8 Å². The Morgan fingerprint density at radius 1 is 1.00 bits per heavy atom. The van der Waals surface area contributed by atoms with Crippen LogP contribution in [-0.2, 0) is 17.5 Å². The summed E-state index contributed by atoms with van der Waals surface area (Å²) < 4.78 is 55.9. The number of fused-ring (bicyclic) bond motifs is 1. The van der Waals surface area contributed by atoms with Crippen LogP contribution < -0.4 is 25.4 Å². The molecule has 2 aromatic carbocycles. The summed E-state index contributed by atoms with van der Waals surface area (Å²) in [5, 5.41) is 7.51. The summed E-state index contributed by atoms with van der Waals surface area (Å²) in [7, 11) is 0. The molecule has 0 atom stereocenters. The maximum Gasteiger partial charge on any atom is 0.418 e. The van der Waals surface area contributed by atoms with Gasteiger partial charge in [-0.1, -0.05) is 6.07 Å². The summed E-state index contributed by atoms with van der Waals surface area (Å²) in [5.41, 5.74) is -0.435. The Morgan fingerprint density at radius 3 is 2.58 bits per heavy atom. The molecule has 0 radical (unpaired) electrons. The maximum atomic E-state index is 13.6. The number of amides is 2. The van der Waals surface area contributed by atoms with E-state index in [1.807, 2.05) is 0 Å². The van der Waals surface area contributed by atoms with Gasteiger partial charge in [0, 0.05) is 17.9 Å². The first-order valence-electron chi connectivity index (χ1n) is 9.73. The number of alkyl halides is 3. The predicted octanol–water partition coefficient (Wildman–Crippen LogP) is 4.01. The quantitative estimate of drug-likeness (QED) is 0.492. The Hall–Kier alpha value is -4.15. The number of rotatable bonds is 7. The topological polar surface area (TPSA) is 102 Å². The Balaban J connectivity index is 1.37. The van der Waals surface area contributed by atoms with Crippen molar-refractivity contribution in [2.45, 2.75) is 12.7 Å². The van der Waals surface area contributed by atoms with Gasteiger partial charge in [0.05, 0.1) is 23.9 Å². The molecule has 1 aliphatic rings. The summed E-state index contributed by atoms with van der Waals surface area (Å²) in [6.45, 7) is -0.0843. The van der Waals surface area contributed by atoms with Crippen LogP contribution in [0.2, 0.25) is 0 Å². The molecule has 0 bridgehead atoms. The monoisotopic (exact) mass is 461 g/mol. The minimum atomic E-state index is -4.71. The van der Waals surface area contributed by atoms with Crippen LogP contribution in [0.3, 0.4) is 0 Å². The van der Waals surface area contributed by atoms with Gasteiger partial charge in [0.15, 0.2) is 11.5 Å². The Bertz CT molecular complexity index is 1160. The van der Waals surface area contributed by atoms with Crippen molar-refractivity contribution in [3.63, 3.8) is 0 Å². The molecule has 0 spiro atoms. The fourth-order valence-electron chi connectivity index (χ4n) is 3.10. The molecule has 0 fully saturated rings. The number of hydrogen-bond acceptors (Lipinski definition) is 6. The van der Waals surface area contributed by atoms with Gasteiger partial charge >= 0.3 is 6.18 Å². The van der Waals surface area contributed by atoms with Gasteiger partial charge < -0.3 is 29.8 Å².